The molecule has 1 heterocycles. The Morgan fingerprint density at radius 1 is 1.04 bits per heavy atom. The van der Waals surface area contributed by atoms with Gasteiger partial charge in [0.25, 0.3) is 0 Å². The zero-order valence-corrected chi connectivity index (χ0v) is 15.9. The number of benzene rings is 1. The van der Waals surface area contributed by atoms with Gasteiger partial charge in [0.15, 0.2) is 5.11 Å². The van der Waals surface area contributed by atoms with Gasteiger partial charge in [-0.15, -0.1) is 0 Å². The van der Waals surface area contributed by atoms with E-state index in [2.05, 4.69) is 25.9 Å². The van der Waals surface area contributed by atoms with E-state index in [-0.39, 0.29) is 0 Å². The van der Waals surface area contributed by atoms with E-state index in [9.17, 15) is 0 Å². The van der Waals surface area contributed by atoms with E-state index in [1.54, 1.807) is 0 Å². The molecule has 0 radical (unpaired) electrons. The largest absolute Gasteiger partial charge is 0.332 e. The molecule has 0 saturated heterocycles. The summed E-state index contributed by atoms with van der Waals surface area (Å²) < 4.78 is 0. The Morgan fingerprint density at radius 2 is 1.69 bits per heavy atom. The molecule has 1 aromatic carbocycles. The van der Waals surface area contributed by atoms with Crippen molar-refractivity contribution in [1.29, 1.82) is 0 Å². The predicted octanol–water partition coefficient (Wildman–Crippen LogP) is 3.79. The van der Waals surface area contributed by atoms with Crippen LogP contribution in [0, 0.1) is 13.8 Å². The van der Waals surface area contributed by atoms with E-state index in [1.165, 1.54) is 12.8 Å². The van der Waals surface area contributed by atoms with Crippen molar-refractivity contribution in [3.05, 3.63) is 47.8 Å². The fourth-order valence-corrected chi connectivity index (χ4v) is 3.21. The molecule has 1 fully saturated rings. The molecule has 0 spiro atoms. The highest BCUT2D eigenvalue weighted by molar-refractivity contribution is 7.80. The van der Waals surface area contributed by atoms with Crippen molar-refractivity contribution >= 4 is 34.9 Å². The van der Waals surface area contributed by atoms with Crippen LogP contribution in [0.15, 0.2) is 41.4 Å². The first-order valence-corrected chi connectivity index (χ1v) is 9.29. The molecule has 1 aliphatic carbocycles. The molecule has 3 rings (SSSR count). The lowest BCUT2D eigenvalue weighted by Crippen LogP contribution is -2.39. The molecular formula is C19H24N6S. The van der Waals surface area contributed by atoms with Crippen LogP contribution < -0.4 is 16.0 Å². The Labute approximate surface area is 159 Å². The highest BCUT2D eigenvalue weighted by atomic mass is 32.1. The van der Waals surface area contributed by atoms with Crippen molar-refractivity contribution in [3.63, 3.8) is 0 Å². The number of anilines is 2. The van der Waals surface area contributed by atoms with Gasteiger partial charge in [-0.2, -0.15) is 0 Å². The molecule has 1 aromatic heterocycles. The second-order valence-corrected chi connectivity index (χ2v) is 6.87. The van der Waals surface area contributed by atoms with Gasteiger partial charge < -0.3 is 10.6 Å². The van der Waals surface area contributed by atoms with Gasteiger partial charge in [-0.3, -0.25) is 5.32 Å². The maximum absolute atomic E-state index is 5.44. The van der Waals surface area contributed by atoms with Gasteiger partial charge in [0.05, 0.1) is 6.04 Å². The second kappa shape index (κ2) is 8.71. The van der Waals surface area contributed by atoms with Gasteiger partial charge in [-0.1, -0.05) is 31.0 Å². The first-order valence-electron chi connectivity index (χ1n) is 8.88. The summed E-state index contributed by atoms with van der Waals surface area (Å²) in [6.07, 6.45) is 4.63. The molecular weight excluding hydrogens is 344 g/mol. The topological polar surface area (TPSA) is 74.2 Å². The number of guanidine groups is 1. The number of hydrogen-bond acceptors (Lipinski definition) is 4. The lowest BCUT2D eigenvalue weighted by atomic mass is 10.3. The zero-order chi connectivity index (χ0) is 18.4. The number of nitrogens with one attached hydrogen (secondary N) is 3. The highest BCUT2D eigenvalue weighted by Gasteiger charge is 2.16. The fraction of sp³-hybridized carbons (Fsp3) is 0.368. The molecule has 0 unspecified atom stereocenters. The summed E-state index contributed by atoms with van der Waals surface area (Å²) in [6.45, 7) is 3.89. The summed E-state index contributed by atoms with van der Waals surface area (Å²) in [5, 5.41) is 9.99. The maximum Gasteiger partial charge on any atom is 0.229 e. The van der Waals surface area contributed by atoms with Crippen LogP contribution in [0.2, 0.25) is 0 Å². The number of aryl methyl sites for hydroxylation is 2. The van der Waals surface area contributed by atoms with Crippen molar-refractivity contribution in [2.24, 2.45) is 4.99 Å². The molecule has 0 bridgehead atoms. The van der Waals surface area contributed by atoms with Gasteiger partial charge in [0, 0.05) is 17.1 Å². The average molecular weight is 369 g/mol. The monoisotopic (exact) mass is 368 g/mol. The summed E-state index contributed by atoms with van der Waals surface area (Å²) in [5.74, 6) is 1.10. The van der Waals surface area contributed by atoms with Crippen LogP contribution in [-0.4, -0.2) is 27.1 Å². The average Bonchev–Trinajstić information content (AvgIpc) is 3.07. The number of para-hydroxylation sites is 1. The van der Waals surface area contributed by atoms with E-state index >= 15 is 0 Å². The molecule has 26 heavy (non-hydrogen) atoms. The Balaban J connectivity index is 1.73. The smallest absolute Gasteiger partial charge is 0.229 e. The summed E-state index contributed by atoms with van der Waals surface area (Å²) in [5.41, 5.74) is 2.74. The first kappa shape index (κ1) is 18.3. The fourth-order valence-electron chi connectivity index (χ4n) is 2.99. The normalized spacial score (nSPS) is 14.9. The lowest BCUT2D eigenvalue weighted by Gasteiger charge is -2.15. The van der Waals surface area contributed by atoms with Crippen LogP contribution in [0.1, 0.15) is 37.1 Å². The number of nitrogens with zero attached hydrogens (tertiary/aromatic N) is 3. The molecule has 136 valence electrons. The van der Waals surface area contributed by atoms with E-state index in [4.69, 9.17) is 17.2 Å². The molecule has 0 atom stereocenters. The Bertz CT molecular complexity index is 764. The number of rotatable bonds is 3. The zero-order valence-electron chi connectivity index (χ0n) is 15.1. The molecule has 1 aliphatic rings. The van der Waals surface area contributed by atoms with Crippen LogP contribution in [-0.2, 0) is 0 Å². The minimum absolute atomic E-state index is 0.301. The van der Waals surface area contributed by atoms with Crippen molar-refractivity contribution < 1.29 is 0 Å². The minimum atomic E-state index is 0.301. The van der Waals surface area contributed by atoms with E-state index < -0.39 is 0 Å². The molecule has 1 saturated carbocycles. The standard InChI is InChI=1S/C19H24N6S/c1-13-12-14(2)21-17(20-13)24-18(22-15-10-6-7-11-15)25-19(26)23-16-8-4-3-5-9-16/h3-5,8-9,12,15H,6-7,10-11H2,1-2H3,(H3,20,21,22,23,24,25,26). The van der Waals surface area contributed by atoms with Crippen LogP contribution in [0.25, 0.3) is 0 Å². The molecule has 7 heteroatoms. The van der Waals surface area contributed by atoms with E-state index in [0.29, 0.717) is 23.1 Å². The van der Waals surface area contributed by atoms with Crippen LogP contribution in [0.5, 0.6) is 0 Å². The molecule has 6 nitrogen and oxygen atoms in total. The second-order valence-electron chi connectivity index (χ2n) is 6.46. The van der Waals surface area contributed by atoms with Crippen LogP contribution in [0.3, 0.4) is 0 Å². The summed E-state index contributed by atoms with van der Waals surface area (Å²) in [7, 11) is 0. The van der Waals surface area contributed by atoms with Gasteiger partial charge in [-0.05, 0) is 57.1 Å². The van der Waals surface area contributed by atoms with Gasteiger partial charge in [-0.25, -0.2) is 15.0 Å². The molecule has 0 aliphatic heterocycles. The van der Waals surface area contributed by atoms with Crippen molar-refractivity contribution in [3.8, 4) is 0 Å². The van der Waals surface area contributed by atoms with Crippen molar-refractivity contribution in [1.82, 2.24) is 15.3 Å². The summed E-state index contributed by atoms with van der Waals surface area (Å²) >= 11 is 5.44. The molecule has 2 aromatic rings. The minimum Gasteiger partial charge on any atom is -0.332 e. The van der Waals surface area contributed by atoms with Gasteiger partial charge >= 0.3 is 0 Å². The van der Waals surface area contributed by atoms with Crippen molar-refractivity contribution in [2.45, 2.75) is 45.6 Å². The first-order chi connectivity index (χ1) is 12.6. The Kier molecular flexibility index (Phi) is 6.12. The number of hydrogen-bond donors (Lipinski definition) is 3. The van der Waals surface area contributed by atoms with Crippen LogP contribution in [0.4, 0.5) is 11.6 Å². The third-order valence-corrected chi connectivity index (χ3v) is 4.32. The SMILES string of the molecule is Cc1cc(C)nc(NC(=NC2CCCC2)NC(=S)Nc2ccccc2)n1. The number of aliphatic imine (C=N–C) groups is 1. The Hall–Kier alpha value is -2.54. The quantitative estimate of drug-likeness (QED) is 0.435. The van der Waals surface area contributed by atoms with Gasteiger partial charge in [0.1, 0.15) is 0 Å². The van der Waals surface area contributed by atoms with Crippen LogP contribution >= 0.6 is 12.2 Å². The maximum atomic E-state index is 5.44. The molecule has 3 N–H and O–H groups in total. The van der Waals surface area contributed by atoms with E-state index in [0.717, 1.165) is 29.9 Å². The highest BCUT2D eigenvalue weighted by Crippen LogP contribution is 2.21. The van der Waals surface area contributed by atoms with Crippen molar-refractivity contribution in [2.75, 3.05) is 10.6 Å². The number of thiocarbonyl (C=S) groups is 1. The van der Waals surface area contributed by atoms with E-state index in [1.807, 2.05) is 50.2 Å². The lowest BCUT2D eigenvalue weighted by molar-refractivity contribution is 0.703. The molecule has 0 amide bonds. The Morgan fingerprint density at radius 3 is 2.35 bits per heavy atom. The third kappa shape index (κ3) is 5.49. The van der Waals surface area contributed by atoms with Gasteiger partial charge in [0.2, 0.25) is 11.9 Å². The summed E-state index contributed by atoms with van der Waals surface area (Å²) in [4.78, 5) is 13.7. The third-order valence-electron chi connectivity index (χ3n) is 4.11. The predicted molar refractivity (Wildman–Crippen MR) is 111 cm³/mol. The summed E-state index contributed by atoms with van der Waals surface area (Å²) in [6, 6.07) is 12.0. The number of aromatic nitrogens is 2.